The zero-order valence-corrected chi connectivity index (χ0v) is 10.7. The molecule has 0 saturated heterocycles. The van der Waals surface area contributed by atoms with Gasteiger partial charge in [0.1, 0.15) is 12.8 Å². The Morgan fingerprint density at radius 1 is 1.56 bits per heavy atom. The van der Waals surface area contributed by atoms with E-state index in [4.69, 9.17) is 4.74 Å². The van der Waals surface area contributed by atoms with Crippen LogP contribution in [0.2, 0.25) is 0 Å². The highest BCUT2D eigenvalue weighted by molar-refractivity contribution is 5.43. The zero-order chi connectivity index (χ0) is 13.5. The van der Waals surface area contributed by atoms with Crippen LogP contribution in [-0.4, -0.2) is 53.6 Å². The summed E-state index contributed by atoms with van der Waals surface area (Å²) in [5.41, 5.74) is -0.226. The molecule has 0 bridgehead atoms. The first-order valence-electron chi connectivity index (χ1n) is 5.57. The van der Waals surface area contributed by atoms with Gasteiger partial charge in [0.05, 0.1) is 4.92 Å². The van der Waals surface area contributed by atoms with Crippen molar-refractivity contribution < 1.29 is 9.66 Å². The molecule has 0 radical (unpaired) electrons. The predicted molar refractivity (Wildman–Crippen MR) is 66.9 cm³/mol. The smallest absolute Gasteiger partial charge is 0.349 e. The summed E-state index contributed by atoms with van der Waals surface area (Å²) in [6, 6.07) is 0. The van der Waals surface area contributed by atoms with Crippen LogP contribution in [0, 0.1) is 10.1 Å². The highest BCUT2D eigenvalue weighted by Gasteiger charge is 2.18. The van der Waals surface area contributed by atoms with Gasteiger partial charge in [-0.25, -0.2) is 4.98 Å². The summed E-state index contributed by atoms with van der Waals surface area (Å²) < 4.78 is 5.32. The number of nitro groups is 1. The molecule has 0 amide bonds. The lowest BCUT2D eigenvalue weighted by Crippen LogP contribution is -2.20. The number of aromatic nitrogens is 2. The number of rotatable bonds is 7. The number of nitrogens with zero attached hydrogens (tertiary/aromatic N) is 4. The Morgan fingerprint density at radius 2 is 2.28 bits per heavy atom. The van der Waals surface area contributed by atoms with Crippen molar-refractivity contribution in [3.63, 3.8) is 0 Å². The zero-order valence-electron chi connectivity index (χ0n) is 10.7. The third-order valence-electron chi connectivity index (χ3n) is 2.04. The molecule has 18 heavy (non-hydrogen) atoms. The fourth-order valence-corrected chi connectivity index (χ4v) is 1.16. The first-order valence-corrected chi connectivity index (χ1v) is 5.57. The molecule has 0 spiro atoms. The van der Waals surface area contributed by atoms with E-state index >= 15 is 0 Å². The van der Waals surface area contributed by atoms with Crippen molar-refractivity contribution in [2.24, 2.45) is 0 Å². The molecule has 100 valence electrons. The second kappa shape index (κ2) is 6.70. The fraction of sp³-hybridized carbons (Fsp3) is 0.600. The number of anilines is 1. The van der Waals surface area contributed by atoms with Crippen molar-refractivity contribution in [1.29, 1.82) is 0 Å². The van der Waals surface area contributed by atoms with Gasteiger partial charge in [-0.1, -0.05) is 0 Å². The van der Waals surface area contributed by atoms with Crippen LogP contribution in [-0.2, 0) is 0 Å². The third kappa shape index (κ3) is 4.13. The molecule has 1 aromatic heterocycles. The van der Waals surface area contributed by atoms with Gasteiger partial charge in [-0.3, -0.25) is 10.1 Å². The highest BCUT2D eigenvalue weighted by atomic mass is 16.6. The topological polar surface area (TPSA) is 93.4 Å². The molecule has 1 rings (SSSR count). The summed E-state index contributed by atoms with van der Waals surface area (Å²) in [5.74, 6) is 0.316. The molecule has 0 aliphatic carbocycles. The van der Waals surface area contributed by atoms with E-state index in [2.05, 4.69) is 15.3 Å². The second-order valence-electron chi connectivity index (χ2n) is 3.82. The first-order chi connectivity index (χ1) is 8.54. The Bertz CT molecular complexity index is 410. The summed E-state index contributed by atoms with van der Waals surface area (Å²) in [6.07, 6.45) is 1.15. The minimum Gasteiger partial charge on any atom is -0.471 e. The number of likely N-dealkylation sites (N-methyl/N-ethyl adjacent to an activating group) is 1. The van der Waals surface area contributed by atoms with E-state index in [1.165, 1.54) is 0 Å². The minimum absolute atomic E-state index is 0.00667. The number of nitrogens with one attached hydrogen (secondary N) is 1. The number of hydrogen-bond donors (Lipinski definition) is 1. The monoisotopic (exact) mass is 255 g/mol. The Balaban J connectivity index is 2.82. The Morgan fingerprint density at radius 3 is 2.83 bits per heavy atom. The summed E-state index contributed by atoms with van der Waals surface area (Å²) >= 11 is 0. The van der Waals surface area contributed by atoms with Crippen LogP contribution < -0.4 is 10.1 Å². The van der Waals surface area contributed by atoms with Crippen molar-refractivity contribution in [3.05, 3.63) is 16.3 Å². The van der Waals surface area contributed by atoms with Crippen LogP contribution in [0.4, 0.5) is 11.6 Å². The number of hydrogen-bond acceptors (Lipinski definition) is 7. The second-order valence-corrected chi connectivity index (χ2v) is 3.82. The molecule has 0 aliphatic rings. The Kier molecular flexibility index (Phi) is 5.25. The van der Waals surface area contributed by atoms with Gasteiger partial charge in [-0.05, 0) is 21.0 Å². The van der Waals surface area contributed by atoms with Gasteiger partial charge in [0.2, 0.25) is 5.95 Å². The van der Waals surface area contributed by atoms with Gasteiger partial charge in [-0.2, -0.15) is 4.98 Å². The molecule has 8 nitrogen and oxygen atoms in total. The van der Waals surface area contributed by atoms with Gasteiger partial charge in [0, 0.05) is 13.1 Å². The van der Waals surface area contributed by atoms with Crippen LogP contribution in [0.5, 0.6) is 5.88 Å². The van der Waals surface area contributed by atoms with Gasteiger partial charge in [0.25, 0.3) is 5.88 Å². The van der Waals surface area contributed by atoms with Crippen molar-refractivity contribution in [2.75, 3.05) is 39.1 Å². The van der Waals surface area contributed by atoms with Gasteiger partial charge in [-0.15, -0.1) is 0 Å². The van der Waals surface area contributed by atoms with E-state index in [1.54, 1.807) is 0 Å². The van der Waals surface area contributed by atoms with Crippen LogP contribution in [0.15, 0.2) is 6.20 Å². The van der Waals surface area contributed by atoms with Gasteiger partial charge < -0.3 is 15.0 Å². The standard InChI is InChI=1S/C10H17N5O3/c1-4-11-10-12-7-8(15(16)17)9(13-10)18-6-5-14(2)3/h7H,4-6H2,1-3H3,(H,11,12,13). The van der Waals surface area contributed by atoms with Crippen molar-refractivity contribution in [1.82, 2.24) is 14.9 Å². The molecule has 1 N–H and O–H groups in total. The quantitative estimate of drug-likeness (QED) is 0.567. The van der Waals surface area contributed by atoms with E-state index in [0.29, 0.717) is 25.6 Å². The maximum Gasteiger partial charge on any atom is 0.349 e. The molecular weight excluding hydrogens is 238 g/mol. The van der Waals surface area contributed by atoms with Gasteiger partial charge in [0.15, 0.2) is 0 Å². The molecule has 8 heteroatoms. The third-order valence-corrected chi connectivity index (χ3v) is 2.04. The average Bonchev–Trinajstić information content (AvgIpc) is 2.29. The van der Waals surface area contributed by atoms with Crippen LogP contribution in [0.3, 0.4) is 0 Å². The molecule has 0 saturated carbocycles. The van der Waals surface area contributed by atoms with E-state index in [1.807, 2.05) is 25.9 Å². The molecule has 0 aliphatic heterocycles. The van der Waals surface area contributed by atoms with Crippen LogP contribution >= 0.6 is 0 Å². The number of ether oxygens (including phenoxy) is 1. The maximum absolute atomic E-state index is 10.8. The predicted octanol–water partition coefficient (Wildman–Crippen LogP) is 0.757. The lowest BCUT2D eigenvalue weighted by atomic mass is 10.5. The van der Waals surface area contributed by atoms with Crippen molar-refractivity contribution in [3.8, 4) is 5.88 Å². The van der Waals surface area contributed by atoms with E-state index in [-0.39, 0.29) is 11.6 Å². The largest absolute Gasteiger partial charge is 0.471 e. The van der Waals surface area contributed by atoms with E-state index in [0.717, 1.165) is 6.20 Å². The molecular formula is C10H17N5O3. The van der Waals surface area contributed by atoms with E-state index < -0.39 is 4.92 Å². The maximum atomic E-state index is 10.8. The Hall–Kier alpha value is -1.96. The van der Waals surface area contributed by atoms with Crippen LogP contribution in [0.1, 0.15) is 6.92 Å². The lowest BCUT2D eigenvalue weighted by molar-refractivity contribution is -0.386. The molecule has 0 atom stereocenters. The first kappa shape index (κ1) is 14.1. The molecule has 0 unspecified atom stereocenters. The summed E-state index contributed by atoms with van der Waals surface area (Å²) in [7, 11) is 3.78. The van der Waals surface area contributed by atoms with E-state index in [9.17, 15) is 10.1 Å². The average molecular weight is 255 g/mol. The normalized spacial score (nSPS) is 10.4. The molecule has 1 heterocycles. The fourth-order valence-electron chi connectivity index (χ4n) is 1.16. The SMILES string of the molecule is CCNc1ncc([N+](=O)[O-])c(OCCN(C)C)n1. The Labute approximate surface area is 105 Å². The summed E-state index contributed by atoms with van der Waals surface area (Å²) in [6.45, 7) is 3.50. The molecule has 1 aromatic rings. The highest BCUT2D eigenvalue weighted by Crippen LogP contribution is 2.24. The minimum atomic E-state index is -0.555. The molecule has 0 fully saturated rings. The lowest BCUT2D eigenvalue weighted by Gasteiger charge is -2.11. The van der Waals surface area contributed by atoms with Crippen LogP contribution in [0.25, 0.3) is 0 Å². The van der Waals surface area contributed by atoms with Gasteiger partial charge >= 0.3 is 5.69 Å². The van der Waals surface area contributed by atoms with Crippen molar-refractivity contribution in [2.45, 2.75) is 6.92 Å². The summed E-state index contributed by atoms with van der Waals surface area (Å²) in [4.78, 5) is 20.0. The van der Waals surface area contributed by atoms with Crippen molar-refractivity contribution >= 4 is 11.6 Å². The molecule has 0 aromatic carbocycles. The summed E-state index contributed by atoms with van der Waals surface area (Å²) in [5, 5.41) is 13.7.